The predicted molar refractivity (Wildman–Crippen MR) is 190 cm³/mol. The Bertz CT molecular complexity index is 2270. The van der Waals surface area contributed by atoms with E-state index in [1.165, 1.54) is 12.2 Å². The van der Waals surface area contributed by atoms with Crippen LogP contribution in [0.2, 0.25) is 2.82 Å². The van der Waals surface area contributed by atoms with Crippen molar-refractivity contribution in [3.8, 4) is 11.1 Å². The maximum absolute atomic E-state index is 13.6. The third-order valence-corrected chi connectivity index (χ3v) is 13.1. The molecule has 2 aliphatic carbocycles. The first-order chi connectivity index (χ1) is 24.7. The fourth-order valence-electron chi connectivity index (χ4n) is 7.68. The lowest BCUT2D eigenvalue weighted by molar-refractivity contribution is 0.423. The van der Waals surface area contributed by atoms with Gasteiger partial charge in [0.15, 0.2) is 9.49 Å². The van der Waals surface area contributed by atoms with Gasteiger partial charge < -0.3 is 11.5 Å². The molecule has 0 fully saturated rings. The molecule has 2 aliphatic rings. The topological polar surface area (TPSA) is 233 Å². The van der Waals surface area contributed by atoms with E-state index in [0.717, 1.165) is 0 Å². The summed E-state index contributed by atoms with van der Waals surface area (Å²) >= 11 is 0. The Kier molecular flexibility index (Phi) is 8.17. The van der Waals surface area contributed by atoms with Gasteiger partial charge in [-0.1, -0.05) is 98.8 Å². The molecule has 6 rings (SSSR count). The summed E-state index contributed by atoms with van der Waals surface area (Å²) in [7, 11) is -10.00. The molecule has 0 aliphatic heterocycles. The highest BCUT2D eigenvalue weighted by atomic mass is 32.2. The Morgan fingerprint density at radius 3 is 1.40 bits per heavy atom. The van der Waals surface area contributed by atoms with E-state index in [4.69, 9.17) is 14.3 Å². The van der Waals surface area contributed by atoms with E-state index in [-0.39, 0.29) is 33.6 Å². The standard InChI is InChI=1S/C36H36N6O6S2/c1-3-21-17-25(35(49(43,44)45)29-11-7-5-9-23(29)19-31(41-39)33(35)37)13-15-27(21)28-16-14-26(18-22(28)4-2)36(50(46,47)48)30-12-8-6-10-24(30)20-32(42-40)34(36)38/h5-20,33-34,39-40H,3-4,37-38H2,1-2H3,(H,43,44,45)(H,46,47,48)/b41-39+,42-40+. The minimum Gasteiger partial charge on any atom is -0.321 e. The molecule has 0 amide bonds. The van der Waals surface area contributed by atoms with Crippen LogP contribution < -0.4 is 11.5 Å². The quantitative estimate of drug-likeness (QED) is 0.0866. The van der Waals surface area contributed by atoms with Gasteiger partial charge in [0.2, 0.25) is 2.82 Å². The Morgan fingerprint density at radius 1 is 0.680 bits per heavy atom. The third kappa shape index (κ3) is 4.93. The molecular formula is C36H36N6O6S2. The highest BCUT2D eigenvalue weighted by Gasteiger charge is 2.57. The maximum atomic E-state index is 13.6. The molecule has 4 aromatic rings. The third-order valence-electron chi connectivity index (χ3n) is 10.0. The van der Waals surface area contributed by atoms with Crippen LogP contribution in [0.25, 0.3) is 23.3 Å². The fourth-order valence-corrected chi connectivity index (χ4v) is 10.3. The highest BCUT2D eigenvalue weighted by molar-refractivity contribution is 7.87. The predicted octanol–water partition coefficient (Wildman–Crippen LogP) is 6.17. The molecule has 14 heteroatoms. The molecule has 50 heavy (non-hydrogen) atoms. The zero-order chi connectivity index (χ0) is 37.6. The van der Waals surface area contributed by atoms with Gasteiger partial charge in [0, 0.05) is 0 Å². The summed E-state index contributed by atoms with van der Waals surface area (Å²) in [5.41, 5.74) is 23.9. The lowest BCUT2D eigenvalue weighted by Crippen LogP contribution is -2.54. The van der Waals surface area contributed by atoms with Crippen LogP contribution in [0.15, 0.2) is 107 Å². The Hall–Kier alpha value is -4.70. The molecule has 8 N–H and O–H groups in total. The van der Waals surface area contributed by atoms with E-state index in [1.54, 1.807) is 84.9 Å². The SMILES string of the molecule is [H]/N=N/C1=Cc2ccccc2C(c2ccc(-c3ccc(C4(S(=O)(=O)O)c5ccccc5C=C(/N=N/[H])C4N)cc3CC)c(CC)c2)(S(=O)(=O)O)C1N. The van der Waals surface area contributed by atoms with E-state index in [1.807, 2.05) is 13.8 Å². The number of benzene rings is 4. The number of aryl methyl sites for hydroxylation is 2. The molecule has 4 atom stereocenters. The average Bonchev–Trinajstić information content (AvgIpc) is 3.11. The van der Waals surface area contributed by atoms with Crippen LogP contribution in [0.4, 0.5) is 0 Å². The van der Waals surface area contributed by atoms with Crippen molar-refractivity contribution in [2.45, 2.75) is 48.3 Å². The zero-order valence-electron chi connectivity index (χ0n) is 29.1. The van der Waals surface area contributed by atoms with Crippen LogP contribution in [0.3, 0.4) is 0 Å². The summed E-state index contributed by atoms with van der Waals surface area (Å²) in [6.07, 6.45) is 3.91. The minimum atomic E-state index is -5.00. The van der Waals surface area contributed by atoms with E-state index < -0.39 is 41.8 Å². The molecule has 0 aromatic heterocycles. The van der Waals surface area contributed by atoms with Gasteiger partial charge in [-0.15, -0.1) is 0 Å². The summed E-state index contributed by atoms with van der Waals surface area (Å²) < 4.78 is 86.6. The lowest BCUT2D eigenvalue weighted by atomic mass is 9.75. The van der Waals surface area contributed by atoms with Crippen LogP contribution in [0.5, 0.6) is 0 Å². The highest BCUT2D eigenvalue weighted by Crippen LogP contribution is 2.50. The second kappa shape index (κ2) is 12.6. The van der Waals surface area contributed by atoms with Crippen molar-refractivity contribution >= 4 is 32.4 Å². The first kappa shape index (κ1) is 32.5. The second-order valence-electron chi connectivity index (χ2n) is 12.3. The van der Waals surface area contributed by atoms with Crippen LogP contribution in [-0.2, 0) is 42.6 Å². The van der Waals surface area contributed by atoms with Crippen LogP contribution >= 0.6 is 0 Å². The van der Waals surface area contributed by atoms with Gasteiger partial charge >= 0.3 is 0 Å². The molecule has 0 spiro atoms. The number of nitrogens with two attached hydrogens (primary N) is 2. The van der Waals surface area contributed by atoms with Crippen molar-refractivity contribution in [2.24, 2.45) is 21.7 Å². The smallest absolute Gasteiger partial charge is 0.281 e. The van der Waals surface area contributed by atoms with E-state index in [0.29, 0.717) is 46.2 Å². The van der Waals surface area contributed by atoms with Crippen molar-refractivity contribution < 1.29 is 28.8 Å². The summed E-state index contributed by atoms with van der Waals surface area (Å²) in [6, 6.07) is 20.2. The normalized spacial score (nSPS) is 24.3. The molecule has 258 valence electrons. The minimum absolute atomic E-state index is 0.00485. The van der Waals surface area contributed by atoms with Crippen molar-refractivity contribution in [1.29, 1.82) is 11.0 Å². The fraction of sp³-hybridized carbons (Fsp3) is 0.222. The molecule has 4 aromatic carbocycles. The average molecular weight is 713 g/mol. The van der Waals surface area contributed by atoms with Crippen molar-refractivity contribution in [2.75, 3.05) is 0 Å². The van der Waals surface area contributed by atoms with E-state index in [9.17, 15) is 25.9 Å². The lowest BCUT2D eigenvalue weighted by Gasteiger charge is -2.41. The van der Waals surface area contributed by atoms with Gasteiger partial charge in [0.1, 0.15) is 0 Å². The van der Waals surface area contributed by atoms with E-state index in [2.05, 4.69) is 21.3 Å². The summed E-state index contributed by atoms with van der Waals surface area (Å²) in [4.78, 5) is 0. The molecule has 0 bridgehead atoms. The number of fused-ring (bicyclic) bond motifs is 2. The Morgan fingerprint density at radius 2 is 1.06 bits per heavy atom. The Balaban J connectivity index is 1.57. The van der Waals surface area contributed by atoms with Gasteiger partial charge in [-0.3, -0.25) is 9.11 Å². The molecule has 12 nitrogen and oxygen atoms in total. The Labute approximate surface area is 293 Å². The number of hydrogen-bond acceptors (Lipinski definition) is 10. The van der Waals surface area contributed by atoms with Gasteiger partial charge in [-0.25, -0.2) is 11.0 Å². The summed E-state index contributed by atoms with van der Waals surface area (Å²) in [5.74, 6) is 0. The molecule has 0 heterocycles. The monoisotopic (exact) mass is 712 g/mol. The number of nitrogens with zero attached hydrogens (tertiary/aromatic N) is 2. The van der Waals surface area contributed by atoms with Gasteiger partial charge in [0.05, 0.1) is 23.5 Å². The van der Waals surface area contributed by atoms with E-state index >= 15 is 0 Å². The number of hydrogen-bond donors (Lipinski definition) is 6. The van der Waals surface area contributed by atoms with Gasteiger partial charge in [-0.2, -0.15) is 27.1 Å². The molecule has 0 radical (unpaired) electrons. The molecule has 4 unspecified atom stereocenters. The molecule has 0 saturated heterocycles. The van der Waals surface area contributed by atoms with Crippen LogP contribution in [0, 0.1) is 11.0 Å². The first-order valence-corrected chi connectivity index (χ1v) is 18.6. The maximum Gasteiger partial charge on any atom is 0.281 e. The number of rotatable bonds is 9. The van der Waals surface area contributed by atoms with Crippen LogP contribution in [-0.4, -0.2) is 38.0 Å². The number of nitrogens with one attached hydrogen (secondary N) is 2. The van der Waals surface area contributed by atoms with Gasteiger partial charge in [0.25, 0.3) is 20.2 Å². The largest absolute Gasteiger partial charge is 0.321 e. The molecule has 0 saturated carbocycles. The zero-order valence-corrected chi connectivity index (χ0v) is 28.7. The summed E-state index contributed by atoms with van der Waals surface area (Å²) in [6.45, 7) is 3.77. The second-order valence-corrected chi connectivity index (χ2v) is 15.5. The summed E-state index contributed by atoms with van der Waals surface area (Å²) in [5, 5.41) is 7.58. The van der Waals surface area contributed by atoms with Crippen molar-refractivity contribution in [3.05, 3.63) is 141 Å². The molecular weight excluding hydrogens is 677 g/mol. The van der Waals surface area contributed by atoms with Gasteiger partial charge in [-0.05, 0) is 80.6 Å². The van der Waals surface area contributed by atoms with Crippen LogP contribution in [0.1, 0.15) is 58.4 Å². The van der Waals surface area contributed by atoms with Crippen molar-refractivity contribution in [3.63, 3.8) is 0 Å². The van der Waals surface area contributed by atoms with Crippen molar-refractivity contribution in [1.82, 2.24) is 0 Å². The first-order valence-electron chi connectivity index (χ1n) is 16.7.